The Morgan fingerprint density at radius 1 is 1.47 bits per heavy atom. The van der Waals surface area contributed by atoms with E-state index >= 15 is 0 Å². The number of hydrogen-bond donors (Lipinski definition) is 1. The van der Waals surface area contributed by atoms with Crippen molar-refractivity contribution in [1.82, 2.24) is 10.2 Å². The first kappa shape index (κ1) is 14.3. The molecular formula is C16H26N2O. The van der Waals surface area contributed by atoms with Crippen LogP contribution in [0.15, 0.2) is 24.8 Å². The minimum Gasteiger partial charge on any atom is -0.333 e. The number of nitrogens with zero attached hydrogens (tertiary/aromatic N) is 1. The van der Waals surface area contributed by atoms with Gasteiger partial charge in [-0.25, -0.2) is 0 Å². The zero-order chi connectivity index (χ0) is 13.7. The quantitative estimate of drug-likeness (QED) is 0.790. The van der Waals surface area contributed by atoms with Gasteiger partial charge in [-0.15, -0.1) is 6.58 Å². The fraction of sp³-hybridized carbons (Fsp3) is 0.688. The first-order valence-electron chi connectivity index (χ1n) is 7.51. The molecule has 0 saturated carbocycles. The molecule has 2 heterocycles. The van der Waals surface area contributed by atoms with Crippen molar-refractivity contribution in [2.24, 2.45) is 5.92 Å². The van der Waals surface area contributed by atoms with Gasteiger partial charge in [0.05, 0.1) is 0 Å². The first-order chi connectivity index (χ1) is 9.22. The van der Waals surface area contributed by atoms with Crippen LogP contribution in [0.2, 0.25) is 0 Å². The Morgan fingerprint density at radius 2 is 2.21 bits per heavy atom. The maximum absolute atomic E-state index is 12.6. The average molecular weight is 262 g/mol. The summed E-state index contributed by atoms with van der Waals surface area (Å²) in [5.74, 6) is 0.895. The molecule has 0 aromatic carbocycles. The van der Waals surface area contributed by atoms with Crippen LogP contribution in [0, 0.1) is 5.92 Å². The van der Waals surface area contributed by atoms with Gasteiger partial charge in [-0.3, -0.25) is 4.79 Å². The molecule has 3 nitrogen and oxygen atoms in total. The minimum absolute atomic E-state index is 0.230. The van der Waals surface area contributed by atoms with E-state index in [2.05, 4.69) is 35.9 Å². The highest BCUT2D eigenvalue weighted by Crippen LogP contribution is 2.24. The standard InChI is InChI=1S/C16H26N2O/c1-3-5-15-7-4-6-13(2)18(15)16(19)12-14-8-10-17-11-9-14/h3-4,6,13-15,17H,1,5,7-12H2,2H3/t13-,15-/m1/s1. The summed E-state index contributed by atoms with van der Waals surface area (Å²) in [6.07, 6.45) is 11.1. The van der Waals surface area contributed by atoms with Crippen LogP contribution in [0.5, 0.6) is 0 Å². The number of nitrogens with one attached hydrogen (secondary N) is 1. The molecule has 0 unspecified atom stereocenters. The lowest BCUT2D eigenvalue weighted by molar-refractivity contribution is -0.136. The van der Waals surface area contributed by atoms with E-state index in [4.69, 9.17) is 0 Å². The summed E-state index contributed by atoms with van der Waals surface area (Å²) in [7, 11) is 0. The average Bonchev–Trinajstić information content (AvgIpc) is 2.40. The molecule has 2 aliphatic rings. The number of piperidine rings is 1. The van der Waals surface area contributed by atoms with E-state index in [1.165, 1.54) is 0 Å². The second-order valence-electron chi connectivity index (χ2n) is 5.78. The molecule has 1 fully saturated rings. The maximum Gasteiger partial charge on any atom is 0.223 e. The van der Waals surface area contributed by atoms with Gasteiger partial charge in [0, 0.05) is 18.5 Å². The number of amides is 1. The van der Waals surface area contributed by atoms with Gasteiger partial charge >= 0.3 is 0 Å². The van der Waals surface area contributed by atoms with Gasteiger partial charge < -0.3 is 10.2 Å². The second-order valence-corrected chi connectivity index (χ2v) is 5.78. The summed E-state index contributed by atoms with van der Waals surface area (Å²) in [6, 6.07) is 0.541. The molecule has 2 atom stereocenters. The predicted molar refractivity (Wildman–Crippen MR) is 78.9 cm³/mol. The van der Waals surface area contributed by atoms with E-state index in [0.717, 1.165) is 38.8 Å². The molecule has 3 heteroatoms. The van der Waals surface area contributed by atoms with Crippen molar-refractivity contribution < 1.29 is 4.79 Å². The highest BCUT2D eigenvalue weighted by molar-refractivity contribution is 5.77. The van der Waals surface area contributed by atoms with E-state index in [-0.39, 0.29) is 6.04 Å². The van der Waals surface area contributed by atoms with Crippen molar-refractivity contribution in [2.75, 3.05) is 13.1 Å². The zero-order valence-corrected chi connectivity index (χ0v) is 12.0. The predicted octanol–water partition coefficient (Wildman–Crippen LogP) is 2.50. The molecule has 0 aromatic heterocycles. The van der Waals surface area contributed by atoms with Crippen molar-refractivity contribution in [1.29, 1.82) is 0 Å². The van der Waals surface area contributed by atoms with Gasteiger partial charge in [-0.1, -0.05) is 18.2 Å². The third-order valence-electron chi connectivity index (χ3n) is 4.30. The van der Waals surface area contributed by atoms with Crippen LogP contribution in [-0.2, 0) is 4.79 Å². The van der Waals surface area contributed by atoms with Crippen molar-refractivity contribution >= 4 is 5.91 Å². The number of carbonyl (C=O) groups excluding carboxylic acids is 1. The molecule has 19 heavy (non-hydrogen) atoms. The number of hydrogen-bond acceptors (Lipinski definition) is 2. The Labute approximate surface area is 116 Å². The summed E-state index contributed by atoms with van der Waals surface area (Å²) >= 11 is 0. The fourth-order valence-corrected chi connectivity index (χ4v) is 3.24. The van der Waals surface area contributed by atoms with Gasteiger partial charge in [0.2, 0.25) is 5.91 Å². The highest BCUT2D eigenvalue weighted by Gasteiger charge is 2.29. The van der Waals surface area contributed by atoms with Crippen LogP contribution in [0.25, 0.3) is 0 Å². The Kier molecular flexibility index (Phi) is 5.20. The number of carbonyl (C=O) groups is 1. The zero-order valence-electron chi connectivity index (χ0n) is 12.0. The molecule has 0 aromatic rings. The largest absolute Gasteiger partial charge is 0.333 e. The van der Waals surface area contributed by atoms with Crippen molar-refractivity contribution in [2.45, 2.75) is 51.1 Å². The Balaban J connectivity index is 1.97. The third-order valence-corrected chi connectivity index (χ3v) is 4.30. The molecule has 2 rings (SSSR count). The summed E-state index contributed by atoms with van der Waals surface area (Å²) in [5, 5.41) is 3.36. The van der Waals surface area contributed by atoms with Crippen molar-refractivity contribution in [3.63, 3.8) is 0 Å². The topological polar surface area (TPSA) is 32.3 Å². The van der Waals surface area contributed by atoms with Gasteiger partial charge in [0.1, 0.15) is 0 Å². The second kappa shape index (κ2) is 6.90. The van der Waals surface area contributed by atoms with Crippen LogP contribution in [0.1, 0.15) is 39.0 Å². The molecule has 0 spiro atoms. The first-order valence-corrected chi connectivity index (χ1v) is 7.51. The molecule has 0 bridgehead atoms. The molecule has 1 N–H and O–H groups in total. The monoisotopic (exact) mass is 262 g/mol. The summed E-state index contributed by atoms with van der Waals surface area (Å²) in [6.45, 7) is 8.05. The molecular weight excluding hydrogens is 236 g/mol. The summed E-state index contributed by atoms with van der Waals surface area (Å²) in [4.78, 5) is 14.7. The smallest absolute Gasteiger partial charge is 0.223 e. The van der Waals surface area contributed by atoms with E-state index in [1.807, 2.05) is 6.08 Å². The van der Waals surface area contributed by atoms with Crippen LogP contribution in [0.3, 0.4) is 0 Å². The Morgan fingerprint density at radius 3 is 2.89 bits per heavy atom. The van der Waals surface area contributed by atoms with Crippen LogP contribution in [0.4, 0.5) is 0 Å². The molecule has 0 aliphatic carbocycles. The lowest BCUT2D eigenvalue weighted by Crippen LogP contribution is -2.47. The van der Waals surface area contributed by atoms with Crippen molar-refractivity contribution in [3.05, 3.63) is 24.8 Å². The fourth-order valence-electron chi connectivity index (χ4n) is 3.24. The van der Waals surface area contributed by atoms with Gasteiger partial charge in [0.25, 0.3) is 0 Å². The Hall–Kier alpha value is -1.09. The SMILES string of the molecule is C=CC[C@@H]1CC=C[C@@H](C)N1C(=O)CC1CCNCC1. The van der Waals surface area contributed by atoms with Crippen LogP contribution >= 0.6 is 0 Å². The van der Waals surface area contributed by atoms with Gasteiger partial charge in [-0.05, 0) is 51.6 Å². The van der Waals surface area contributed by atoms with Crippen LogP contribution < -0.4 is 5.32 Å². The summed E-state index contributed by atoms with van der Waals surface area (Å²) < 4.78 is 0. The van der Waals surface area contributed by atoms with E-state index < -0.39 is 0 Å². The molecule has 1 amide bonds. The lowest BCUT2D eigenvalue weighted by Gasteiger charge is -2.38. The molecule has 106 valence electrons. The minimum atomic E-state index is 0.230. The van der Waals surface area contributed by atoms with E-state index in [0.29, 0.717) is 24.3 Å². The molecule has 0 radical (unpaired) electrons. The van der Waals surface area contributed by atoms with E-state index in [1.54, 1.807) is 0 Å². The van der Waals surface area contributed by atoms with Crippen LogP contribution in [-0.4, -0.2) is 36.0 Å². The molecule has 2 aliphatic heterocycles. The van der Waals surface area contributed by atoms with Gasteiger partial charge in [-0.2, -0.15) is 0 Å². The van der Waals surface area contributed by atoms with E-state index in [9.17, 15) is 4.79 Å². The Bertz CT molecular complexity index is 345. The highest BCUT2D eigenvalue weighted by atomic mass is 16.2. The normalized spacial score (nSPS) is 28.4. The molecule has 1 saturated heterocycles. The lowest BCUT2D eigenvalue weighted by atomic mass is 9.92. The number of rotatable bonds is 4. The summed E-state index contributed by atoms with van der Waals surface area (Å²) in [5.41, 5.74) is 0. The maximum atomic E-state index is 12.6. The van der Waals surface area contributed by atoms with Gasteiger partial charge in [0.15, 0.2) is 0 Å². The third kappa shape index (κ3) is 3.69. The van der Waals surface area contributed by atoms with Crippen molar-refractivity contribution in [3.8, 4) is 0 Å².